The van der Waals surface area contributed by atoms with Crippen LogP contribution in [0, 0.1) is 5.92 Å². The van der Waals surface area contributed by atoms with Crippen LogP contribution in [0.1, 0.15) is 40.0 Å². The lowest BCUT2D eigenvalue weighted by Crippen LogP contribution is -2.39. The van der Waals surface area contributed by atoms with E-state index >= 15 is 0 Å². The van der Waals surface area contributed by atoms with Crippen LogP contribution in [0.3, 0.4) is 0 Å². The van der Waals surface area contributed by atoms with Gasteiger partial charge in [-0.3, -0.25) is 10.1 Å². The molecule has 0 bridgehead atoms. The largest absolute Gasteiger partial charge is 0.411 e. The fraction of sp³-hybridized carbons (Fsp3) is 0.929. The molecule has 0 aromatic rings. The molecule has 0 aromatic carbocycles. The Bertz CT molecular complexity index is 335. The second-order valence-corrected chi connectivity index (χ2v) is 5.85. The molecule has 1 aliphatic heterocycles. The summed E-state index contributed by atoms with van der Waals surface area (Å²) in [7, 11) is 0. The molecule has 4 nitrogen and oxygen atoms in total. The number of amides is 1. The van der Waals surface area contributed by atoms with Gasteiger partial charge < -0.3 is 9.64 Å². The van der Waals surface area contributed by atoms with Crippen LogP contribution in [0.25, 0.3) is 0 Å². The number of carbonyl (C=O) groups is 1. The van der Waals surface area contributed by atoms with Gasteiger partial charge in [0, 0.05) is 6.54 Å². The average molecular weight is 310 g/mol. The summed E-state index contributed by atoms with van der Waals surface area (Å²) in [5, 5.41) is 3.28. The van der Waals surface area contributed by atoms with Gasteiger partial charge in [0.25, 0.3) is 0 Å². The van der Waals surface area contributed by atoms with Crippen LogP contribution in [0.15, 0.2) is 0 Å². The highest BCUT2D eigenvalue weighted by Gasteiger charge is 2.38. The standard InChI is InChI=1S/C14H25F3N2O2/c1-4-5-12-18-11(8-10(2)3)13(20)19(12)6-7-21-9-14(15,16)17/h10-12,18H,4-9H2,1-3H3. The normalized spacial score (nSPS) is 23.4. The summed E-state index contributed by atoms with van der Waals surface area (Å²) in [4.78, 5) is 13.9. The zero-order valence-electron chi connectivity index (χ0n) is 12.9. The third-order valence-corrected chi connectivity index (χ3v) is 3.36. The van der Waals surface area contributed by atoms with Crippen LogP contribution in [0.4, 0.5) is 13.2 Å². The number of carbonyl (C=O) groups excluding carboxylic acids is 1. The fourth-order valence-corrected chi connectivity index (χ4v) is 2.52. The van der Waals surface area contributed by atoms with Gasteiger partial charge in [0.15, 0.2) is 0 Å². The minimum Gasteiger partial charge on any atom is -0.370 e. The molecule has 0 aromatic heterocycles. The third kappa shape index (κ3) is 6.22. The van der Waals surface area contributed by atoms with E-state index in [-0.39, 0.29) is 31.3 Å². The van der Waals surface area contributed by atoms with Gasteiger partial charge in [-0.05, 0) is 18.8 Å². The van der Waals surface area contributed by atoms with E-state index < -0.39 is 12.8 Å². The molecule has 1 saturated heterocycles. The van der Waals surface area contributed by atoms with Gasteiger partial charge in [-0.15, -0.1) is 0 Å². The maximum atomic E-state index is 12.3. The molecule has 0 radical (unpaired) electrons. The van der Waals surface area contributed by atoms with Crippen molar-refractivity contribution in [3.63, 3.8) is 0 Å². The molecule has 21 heavy (non-hydrogen) atoms. The minimum atomic E-state index is -4.32. The van der Waals surface area contributed by atoms with Gasteiger partial charge in [-0.2, -0.15) is 13.2 Å². The maximum Gasteiger partial charge on any atom is 0.411 e. The van der Waals surface area contributed by atoms with Crippen molar-refractivity contribution in [1.82, 2.24) is 10.2 Å². The Labute approximate surface area is 124 Å². The van der Waals surface area contributed by atoms with E-state index in [0.717, 1.165) is 19.3 Å². The number of alkyl halides is 3. The molecule has 2 atom stereocenters. The first-order valence-electron chi connectivity index (χ1n) is 7.45. The lowest BCUT2D eigenvalue weighted by Gasteiger charge is -2.23. The van der Waals surface area contributed by atoms with Gasteiger partial charge in [-0.1, -0.05) is 27.2 Å². The van der Waals surface area contributed by atoms with Crippen molar-refractivity contribution in [2.75, 3.05) is 19.8 Å². The molecule has 1 N–H and O–H groups in total. The summed E-state index contributed by atoms with van der Waals surface area (Å²) in [5.41, 5.74) is 0. The van der Waals surface area contributed by atoms with Gasteiger partial charge in [-0.25, -0.2) is 0 Å². The van der Waals surface area contributed by atoms with Gasteiger partial charge in [0.1, 0.15) is 6.61 Å². The van der Waals surface area contributed by atoms with Crippen molar-refractivity contribution in [1.29, 1.82) is 0 Å². The zero-order valence-corrected chi connectivity index (χ0v) is 12.9. The van der Waals surface area contributed by atoms with E-state index in [2.05, 4.69) is 10.1 Å². The quantitative estimate of drug-likeness (QED) is 0.701. The van der Waals surface area contributed by atoms with Crippen LogP contribution in [0.2, 0.25) is 0 Å². The van der Waals surface area contributed by atoms with Crippen molar-refractivity contribution in [3.05, 3.63) is 0 Å². The Balaban J connectivity index is 2.49. The molecule has 1 fully saturated rings. The highest BCUT2D eigenvalue weighted by atomic mass is 19.4. The number of ether oxygens (including phenoxy) is 1. The summed E-state index contributed by atoms with van der Waals surface area (Å²) in [6.07, 6.45) is -1.99. The molecule has 0 spiro atoms. The van der Waals surface area contributed by atoms with E-state index in [4.69, 9.17) is 0 Å². The molecule has 0 aliphatic carbocycles. The Morgan fingerprint density at radius 1 is 1.38 bits per heavy atom. The maximum absolute atomic E-state index is 12.3. The van der Waals surface area contributed by atoms with Crippen molar-refractivity contribution < 1.29 is 22.7 Å². The van der Waals surface area contributed by atoms with Crippen molar-refractivity contribution in [2.45, 2.75) is 58.4 Å². The predicted octanol–water partition coefficient (Wildman–Crippen LogP) is 2.54. The van der Waals surface area contributed by atoms with Crippen molar-refractivity contribution in [3.8, 4) is 0 Å². The molecule has 0 saturated carbocycles. The SMILES string of the molecule is CCCC1NC(CC(C)C)C(=O)N1CCOCC(F)(F)F. The molecular weight excluding hydrogens is 285 g/mol. The number of hydrogen-bond acceptors (Lipinski definition) is 3. The Kier molecular flexibility index (Phi) is 6.93. The van der Waals surface area contributed by atoms with Crippen molar-refractivity contribution in [2.24, 2.45) is 5.92 Å². The monoisotopic (exact) mass is 310 g/mol. The number of halogens is 3. The molecule has 7 heteroatoms. The highest BCUT2D eigenvalue weighted by molar-refractivity contribution is 5.84. The van der Waals surface area contributed by atoms with Gasteiger partial charge in [0.05, 0.1) is 18.8 Å². The molecule has 1 heterocycles. The summed E-state index contributed by atoms with van der Waals surface area (Å²) < 4.78 is 40.7. The third-order valence-electron chi connectivity index (χ3n) is 3.36. The average Bonchev–Trinajstić information content (AvgIpc) is 2.61. The van der Waals surface area contributed by atoms with E-state index in [1.807, 2.05) is 20.8 Å². The molecular formula is C14H25F3N2O2. The summed E-state index contributed by atoms with van der Waals surface area (Å²) in [5.74, 6) is 0.355. The van der Waals surface area contributed by atoms with Crippen LogP contribution in [0.5, 0.6) is 0 Å². The molecule has 1 amide bonds. The first-order chi connectivity index (χ1) is 9.74. The first kappa shape index (κ1) is 18.2. The molecule has 2 unspecified atom stereocenters. The van der Waals surface area contributed by atoms with Crippen molar-refractivity contribution >= 4 is 5.91 Å². The first-order valence-corrected chi connectivity index (χ1v) is 7.45. The summed E-state index contributed by atoms with van der Waals surface area (Å²) >= 11 is 0. The summed E-state index contributed by atoms with van der Waals surface area (Å²) in [6.45, 7) is 4.93. The fourth-order valence-electron chi connectivity index (χ4n) is 2.52. The van der Waals surface area contributed by atoms with Crippen LogP contribution in [-0.4, -0.2) is 48.9 Å². The lowest BCUT2D eigenvalue weighted by atomic mass is 10.0. The zero-order chi connectivity index (χ0) is 16.0. The minimum absolute atomic E-state index is 0.0299. The van der Waals surface area contributed by atoms with Gasteiger partial charge >= 0.3 is 6.18 Å². The molecule has 1 aliphatic rings. The van der Waals surface area contributed by atoms with E-state index in [0.29, 0.717) is 5.92 Å². The smallest absolute Gasteiger partial charge is 0.370 e. The van der Waals surface area contributed by atoms with Crippen LogP contribution in [-0.2, 0) is 9.53 Å². The Hall–Kier alpha value is -0.820. The number of hydrogen-bond donors (Lipinski definition) is 1. The molecule has 124 valence electrons. The van der Waals surface area contributed by atoms with Gasteiger partial charge in [0.2, 0.25) is 5.91 Å². The molecule has 1 rings (SSSR count). The Morgan fingerprint density at radius 3 is 2.57 bits per heavy atom. The predicted molar refractivity (Wildman–Crippen MR) is 73.7 cm³/mol. The van der Waals surface area contributed by atoms with Crippen LogP contribution >= 0.6 is 0 Å². The highest BCUT2D eigenvalue weighted by Crippen LogP contribution is 2.20. The summed E-state index contributed by atoms with van der Waals surface area (Å²) in [6, 6.07) is -0.232. The van der Waals surface area contributed by atoms with E-state index in [9.17, 15) is 18.0 Å². The number of nitrogens with one attached hydrogen (secondary N) is 1. The number of nitrogens with zero attached hydrogens (tertiary/aromatic N) is 1. The van der Waals surface area contributed by atoms with E-state index in [1.54, 1.807) is 4.90 Å². The van der Waals surface area contributed by atoms with E-state index in [1.165, 1.54) is 0 Å². The second kappa shape index (κ2) is 7.98. The number of rotatable bonds is 8. The Morgan fingerprint density at radius 2 is 2.05 bits per heavy atom. The van der Waals surface area contributed by atoms with Crippen LogP contribution < -0.4 is 5.32 Å². The lowest BCUT2D eigenvalue weighted by molar-refractivity contribution is -0.175. The topological polar surface area (TPSA) is 41.6 Å². The second-order valence-electron chi connectivity index (χ2n) is 5.85.